The van der Waals surface area contributed by atoms with E-state index < -0.39 is 0 Å². The summed E-state index contributed by atoms with van der Waals surface area (Å²) in [5, 5.41) is 3.31. The Morgan fingerprint density at radius 3 is 2.80 bits per heavy atom. The number of likely N-dealkylation sites (N-methyl/N-ethyl adjacent to an activating group) is 1. The molecule has 1 heterocycles. The Balaban J connectivity index is 2.26. The fourth-order valence-corrected chi connectivity index (χ4v) is 2.32. The molecule has 0 aromatic carbocycles. The van der Waals surface area contributed by atoms with E-state index >= 15 is 0 Å². The molecule has 1 fully saturated rings. The molecule has 0 aromatic heterocycles. The van der Waals surface area contributed by atoms with Crippen LogP contribution in [0.4, 0.5) is 0 Å². The first-order valence-corrected chi connectivity index (χ1v) is 6.19. The summed E-state index contributed by atoms with van der Waals surface area (Å²) in [7, 11) is 6.39. The van der Waals surface area contributed by atoms with Crippen molar-refractivity contribution >= 4 is 0 Å². The van der Waals surface area contributed by atoms with Crippen LogP contribution in [0.3, 0.4) is 0 Å². The van der Waals surface area contributed by atoms with E-state index in [9.17, 15) is 0 Å². The van der Waals surface area contributed by atoms with Gasteiger partial charge in [0.25, 0.3) is 0 Å². The average Bonchev–Trinajstić information content (AvgIpc) is 2.61. The molecule has 15 heavy (non-hydrogen) atoms. The van der Waals surface area contributed by atoms with Crippen LogP contribution < -0.4 is 5.32 Å². The minimum absolute atomic E-state index is 0.644. The van der Waals surface area contributed by atoms with Crippen LogP contribution in [0.1, 0.15) is 26.2 Å². The van der Waals surface area contributed by atoms with Crippen LogP contribution in [0, 0.1) is 0 Å². The lowest BCUT2D eigenvalue weighted by atomic mass is 10.2. The lowest BCUT2D eigenvalue weighted by Crippen LogP contribution is -2.39. The Kier molecular flexibility index (Phi) is 5.58. The Morgan fingerprint density at radius 1 is 1.47 bits per heavy atom. The van der Waals surface area contributed by atoms with Gasteiger partial charge in [0.15, 0.2) is 0 Å². The van der Waals surface area contributed by atoms with Crippen LogP contribution in [0.25, 0.3) is 0 Å². The third kappa shape index (κ3) is 4.49. The van der Waals surface area contributed by atoms with Crippen molar-refractivity contribution in [1.29, 1.82) is 0 Å². The molecule has 2 atom stereocenters. The first-order valence-electron chi connectivity index (χ1n) is 6.19. The molecule has 3 heteroatoms. The molecule has 1 aliphatic rings. The Hall–Kier alpha value is -0.120. The summed E-state index contributed by atoms with van der Waals surface area (Å²) in [5.41, 5.74) is 0. The fraction of sp³-hybridized carbons (Fsp3) is 1.00. The van der Waals surface area contributed by atoms with E-state index in [-0.39, 0.29) is 0 Å². The van der Waals surface area contributed by atoms with Gasteiger partial charge in [-0.25, -0.2) is 0 Å². The molecule has 1 saturated heterocycles. The summed E-state index contributed by atoms with van der Waals surface area (Å²) >= 11 is 0. The van der Waals surface area contributed by atoms with Gasteiger partial charge in [0.05, 0.1) is 0 Å². The Bertz CT molecular complexity index is 170. The van der Waals surface area contributed by atoms with E-state index in [0.29, 0.717) is 6.04 Å². The number of hydrogen-bond donors (Lipinski definition) is 1. The molecule has 1 rings (SSSR count). The average molecular weight is 213 g/mol. The van der Waals surface area contributed by atoms with E-state index in [2.05, 4.69) is 36.1 Å². The zero-order valence-corrected chi connectivity index (χ0v) is 10.8. The lowest BCUT2D eigenvalue weighted by molar-refractivity contribution is 0.201. The smallest absolute Gasteiger partial charge is 0.0223 e. The lowest BCUT2D eigenvalue weighted by Gasteiger charge is -2.27. The summed E-state index contributed by atoms with van der Waals surface area (Å²) in [5.74, 6) is 0. The van der Waals surface area contributed by atoms with Crippen molar-refractivity contribution < 1.29 is 0 Å². The second kappa shape index (κ2) is 6.46. The maximum Gasteiger partial charge on any atom is 0.0223 e. The van der Waals surface area contributed by atoms with Crippen molar-refractivity contribution in [2.75, 3.05) is 40.8 Å². The Morgan fingerprint density at radius 2 is 2.20 bits per heavy atom. The largest absolute Gasteiger partial charge is 0.317 e. The molecule has 0 radical (unpaired) electrons. The molecule has 1 aliphatic heterocycles. The number of hydrogen-bond acceptors (Lipinski definition) is 3. The Labute approximate surface area is 94.8 Å². The van der Waals surface area contributed by atoms with Crippen LogP contribution in [0.5, 0.6) is 0 Å². The number of nitrogens with one attached hydrogen (secondary N) is 1. The van der Waals surface area contributed by atoms with Crippen molar-refractivity contribution in [2.45, 2.75) is 38.3 Å². The van der Waals surface area contributed by atoms with Crippen LogP contribution in [-0.4, -0.2) is 62.7 Å². The van der Waals surface area contributed by atoms with Crippen molar-refractivity contribution in [1.82, 2.24) is 15.1 Å². The number of rotatable bonds is 6. The van der Waals surface area contributed by atoms with Crippen molar-refractivity contribution in [3.05, 3.63) is 0 Å². The topological polar surface area (TPSA) is 18.5 Å². The standard InChI is InChI=1S/C12H27N3/c1-11(13-2)7-9-15-8-5-6-12(15)10-14(3)4/h11-13H,5-10H2,1-4H3. The monoisotopic (exact) mass is 213 g/mol. The van der Waals surface area contributed by atoms with Crippen LogP contribution in [0.2, 0.25) is 0 Å². The van der Waals surface area contributed by atoms with Gasteiger partial charge in [0, 0.05) is 18.6 Å². The molecule has 0 aliphatic carbocycles. The highest BCUT2D eigenvalue weighted by Gasteiger charge is 2.24. The molecule has 2 unspecified atom stereocenters. The van der Waals surface area contributed by atoms with Gasteiger partial charge in [-0.2, -0.15) is 0 Å². The molecule has 90 valence electrons. The first-order chi connectivity index (χ1) is 7.13. The van der Waals surface area contributed by atoms with E-state index in [4.69, 9.17) is 0 Å². The van der Waals surface area contributed by atoms with Gasteiger partial charge in [-0.05, 0) is 60.4 Å². The highest BCUT2D eigenvalue weighted by molar-refractivity contribution is 4.81. The van der Waals surface area contributed by atoms with Crippen LogP contribution in [0.15, 0.2) is 0 Å². The van der Waals surface area contributed by atoms with Crippen molar-refractivity contribution in [3.63, 3.8) is 0 Å². The molecule has 1 N–H and O–H groups in total. The van der Waals surface area contributed by atoms with E-state index in [0.717, 1.165) is 6.04 Å². The van der Waals surface area contributed by atoms with E-state index in [1.54, 1.807) is 0 Å². The van der Waals surface area contributed by atoms with E-state index in [1.807, 2.05) is 7.05 Å². The maximum atomic E-state index is 3.31. The minimum Gasteiger partial charge on any atom is -0.317 e. The highest BCUT2D eigenvalue weighted by Crippen LogP contribution is 2.18. The normalized spacial score (nSPS) is 25.0. The van der Waals surface area contributed by atoms with Gasteiger partial charge >= 0.3 is 0 Å². The minimum atomic E-state index is 0.644. The second-order valence-electron chi connectivity index (χ2n) is 5.07. The summed E-state index contributed by atoms with van der Waals surface area (Å²) < 4.78 is 0. The zero-order chi connectivity index (χ0) is 11.3. The van der Waals surface area contributed by atoms with Crippen molar-refractivity contribution in [2.24, 2.45) is 0 Å². The zero-order valence-electron chi connectivity index (χ0n) is 10.8. The third-order valence-corrected chi connectivity index (χ3v) is 3.42. The van der Waals surface area contributed by atoms with Crippen LogP contribution in [-0.2, 0) is 0 Å². The molecule has 0 aromatic rings. The third-order valence-electron chi connectivity index (χ3n) is 3.42. The maximum absolute atomic E-state index is 3.31. The summed E-state index contributed by atoms with van der Waals surface area (Å²) in [6.07, 6.45) is 4.03. The van der Waals surface area contributed by atoms with Crippen LogP contribution >= 0.6 is 0 Å². The summed E-state index contributed by atoms with van der Waals surface area (Å²) in [6, 6.07) is 1.44. The number of nitrogens with zero attached hydrogens (tertiary/aromatic N) is 2. The summed E-state index contributed by atoms with van der Waals surface area (Å²) in [4.78, 5) is 4.97. The molecule has 3 nitrogen and oxygen atoms in total. The highest BCUT2D eigenvalue weighted by atomic mass is 15.2. The molecule has 0 amide bonds. The molecular weight excluding hydrogens is 186 g/mol. The SMILES string of the molecule is CNC(C)CCN1CCCC1CN(C)C. The van der Waals surface area contributed by atoms with Crippen molar-refractivity contribution in [3.8, 4) is 0 Å². The van der Waals surface area contributed by atoms with Gasteiger partial charge in [0.2, 0.25) is 0 Å². The molecule has 0 bridgehead atoms. The predicted octanol–water partition coefficient (Wildman–Crippen LogP) is 1.01. The predicted molar refractivity (Wildman–Crippen MR) is 66.3 cm³/mol. The van der Waals surface area contributed by atoms with Gasteiger partial charge < -0.3 is 10.2 Å². The van der Waals surface area contributed by atoms with Gasteiger partial charge in [-0.3, -0.25) is 4.90 Å². The molecule has 0 saturated carbocycles. The quantitative estimate of drug-likeness (QED) is 0.710. The van der Waals surface area contributed by atoms with E-state index in [1.165, 1.54) is 38.9 Å². The summed E-state index contributed by atoms with van der Waals surface area (Å²) in [6.45, 7) is 6.03. The van der Waals surface area contributed by atoms with Gasteiger partial charge in [-0.1, -0.05) is 0 Å². The molecule has 0 spiro atoms. The van der Waals surface area contributed by atoms with Gasteiger partial charge in [-0.15, -0.1) is 0 Å². The molecular formula is C12H27N3. The second-order valence-corrected chi connectivity index (χ2v) is 5.07. The fourth-order valence-electron chi connectivity index (χ4n) is 2.32. The van der Waals surface area contributed by atoms with Gasteiger partial charge in [0.1, 0.15) is 0 Å². The number of likely N-dealkylation sites (tertiary alicyclic amines) is 1. The first kappa shape index (κ1) is 12.9.